The Balaban J connectivity index is 1.90. The van der Waals surface area contributed by atoms with Crippen LogP contribution in [0.5, 0.6) is 0 Å². The smallest absolute Gasteiger partial charge is 0.313 e. The molecule has 0 amide bonds. The summed E-state index contributed by atoms with van der Waals surface area (Å²) >= 11 is 0. The van der Waals surface area contributed by atoms with Crippen molar-refractivity contribution in [2.24, 2.45) is 5.92 Å². The SMILES string of the molecule is CC1=CC=CCC1C(=O)OCc1ccccc1. The largest absolute Gasteiger partial charge is 0.460 e. The molecular weight excluding hydrogens is 212 g/mol. The first kappa shape index (κ1) is 11.6. The summed E-state index contributed by atoms with van der Waals surface area (Å²) in [6.45, 7) is 2.32. The van der Waals surface area contributed by atoms with Gasteiger partial charge in [0.1, 0.15) is 6.61 Å². The molecule has 2 heteroatoms. The molecule has 0 heterocycles. The Bertz CT molecular complexity index is 443. The van der Waals surface area contributed by atoms with E-state index in [1.165, 1.54) is 0 Å². The lowest BCUT2D eigenvalue weighted by Gasteiger charge is -2.17. The lowest BCUT2D eigenvalue weighted by atomic mass is 9.93. The minimum Gasteiger partial charge on any atom is -0.460 e. The minimum atomic E-state index is -0.132. The molecule has 0 spiro atoms. The van der Waals surface area contributed by atoms with Gasteiger partial charge in [-0.1, -0.05) is 54.1 Å². The molecule has 1 atom stereocenters. The maximum absolute atomic E-state index is 11.9. The number of allylic oxidation sites excluding steroid dienone is 3. The Morgan fingerprint density at radius 2 is 2.12 bits per heavy atom. The molecule has 1 aromatic carbocycles. The van der Waals surface area contributed by atoms with Crippen LogP contribution in [-0.4, -0.2) is 5.97 Å². The van der Waals surface area contributed by atoms with Crippen LogP contribution in [0.25, 0.3) is 0 Å². The number of carbonyl (C=O) groups excluding carboxylic acids is 1. The van der Waals surface area contributed by atoms with Gasteiger partial charge in [0.25, 0.3) is 0 Å². The fourth-order valence-corrected chi connectivity index (χ4v) is 1.85. The van der Waals surface area contributed by atoms with Crippen molar-refractivity contribution in [1.82, 2.24) is 0 Å². The van der Waals surface area contributed by atoms with E-state index in [0.717, 1.165) is 17.6 Å². The number of hydrogen-bond donors (Lipinski definition) is 0. The topological polar surface area (TPSA) is 26.3 Å². The lowest BCUT2D eigenvalue weighted by molar-refractivity contribution is -0.148. The van der Waals surface area contributed by atoms with Crippen LogP contribution in [0.1, 0.15) is 18.9 Å². The van der Waals surface area contributed by atoms with Gasteiger partial charge < -0.3 is 4.74 Å². The Morgan fingerprint density at radius 1 is 1.35 bits per heavy atom. The van der Waals surface area contributed by atoms with Crippen LogP contribution >= 0.6 is 0 Å². The van der Waals surface area contributed by atoms with Gasteiger partial charge in [0.05, 0.1) is 5.92 Å². The Hall–Kier alpha value is -1.83. The van der Waals surface area contributed by atoms with Gasteiger partial charge in [-0.25, -0.2) is 0 Å². The molecule has 0 N–H and O–H groups in total. The number of rotatable bonds is 3. The molecule has 2 rings (SSSR count). The van der Waals surface area contributed by atoms with Gasteiger partial charge in [-0.2, -0.15) is 0 Å². The second-order valence-electron chi connectivity index (χ2n) is 4.22. The number of benzene rings is 1. The molecular formula is C15H16O2. The zero-order valence-electron chi connectivity index (χ0n) is 9.93. The van der Waals surface area contributed by atoms with Crippen LogP contribution in [-0.2, 0) is 16.1 Å². The molecule has 0 radical (unpaired) electrons. The van der Waals surface area contributed by atoms with Crippen LogP contribution < -0.4 is 0 Å². The van der Waals surface area contributed by atoms with E-state index in [1.807, 2.05) is 55.5 Å². The van der Waals surface area contributed by atoms with E-state index >= 15 is 0 Å². The van der Waals surface area contributed by atoms with E-state index in [2.05, 4.69) is 0 Å². The predicted octanol–water partition coefficient (Wildman–Crippen LogP) is 3.25. The minimum absolute atomic E-state index is 0.108. The van der Waals surface area contributed by atoms with Crippen LogP contribution in [0.3, 0.4) is 0 Å². The summed E-state index contributed by atoms with van der Waals surface area (Å²) in [6, 6.07) is 9.74. The third-order valence-corrected chi connectivity index (χ3v) is 2.93. The summed E-state index contributed by atoms with van der Waals surface area (Å²) in [5.74, 6) is -0.240. The first-order valence-corrected chi connectivity index (χ1v) is 5.81. The number of ether oxygens (including phenoxy) is 1. The van der Waals surface area contributed by atoms with Gasteiger partial charge >= 0.3 is 5.97 Å². The summed E-state index contributed by atoms with van der Waals surface area (Å²) in [5, 5.41) is 0. The summed E-state index contributed by atoms with van der Waals surface area (Å²) in [7, 11) is 0. The average Bonchev–Trinajstić information content (AvgIpc) is 2.38. The third kappa shape index (κ3) is 3.06. The van der Waals surface area contributed by atoms with Crippen molar-refractivity contribution in [3.05, 3.63) is 59.7 Å². The summed E-state index contributed by atoms with van der Waals surface area (Å²) in [6.07, 6.45) is 6.70. The standard InChI is InChI=1S/C15H16O2/c1-12-7-5-6-10-14(12)15(16)17-11-13-8-3-2-4-9-13/h2-9,14H,10-11H2,1H3. The Kier molecular flexibility index (Phi) is 3.76. The van der Waals surface area contributed by atoms with Gasteiger partial charge in [-0.3, -0.25) is 4.79 Å². The molecule has 1 aromatic rings. The summed E-state index contributed by atoms with van der Waals surface area (Å²) < 4.78 is 5.32. The van der Waals surface area contributed by atoms with Crippen molar-refractivity contribution in [2.45, 2.75) is 20.0 Å². The highest BCUT2D eigenvalue weighted by Gasteiger charge is 2.21. The van der Waals surface area contributed by atoms with Crippen molar-refractivity contribution in [2.75, 3.05) is 0 Å². The Morgan fingerprint density at radius 3 is 2.82 bits per heavy atom. The van der Waals surface area contributed by atoms with Crippen molar-refractivity contribution >= 4 is 5.97 Å². The highest BCUT2D eigenvalue weighted by Crippen LogP contribution is 2.21. The fourth-order valence-electron chi connectivity index (χ4n) is 1.85. The van der Waals surface area contributed by atoms with E-state index in [1.54, 1.807) is 0 Å². The predicted molar refractivity (Wildman–Crippen MR) is 67.2 cm³/mol. The zero-order valence-corrected chi connectivity index (χ0v) is 9.93. The van der Waals surface area contributed by atoms with Gasteiger partial charge in [-0.05, 0) is 18.9 Å². The molecule has 1 aliphatic rings. The second kappa shape index (κ2) is 5.48. The van der Waals surface area contributed by atoms with Crippen molar-refractivity contribution in [1.29, 1.82) is 0 Å². The molecule has 17 heavy (non-hydrogen) atoms. The summed E-state index contributed by atoms with van der Waals surface area (Å²) in [4.78, 5) is 11.9. The van der Waals surface area contributed by atoms with Gasteiger partial charge in [0.2, 0.25) is 0 Å². The maximum Gasteiger partial charge on any atom is 0.313 e. The van der Waals surface area contributed by atoms with Crippen LogP contribution in [0, 0.1) is 5.92 Å². The normalized spacial score (nSPS) is 18.6. The molecule has 0 saturated heterocycles. The van der Waals surface area contributed by atoms with Crippen molar-refractivity contribution in [3.8, 4) is 0 Å². The second-order valence-corrected chi connectivity index (χ2v) is 4.22. The quantitative estimate of drug-likeness (QED) is 0.742. The maximum atomic E-state index is 11.9. The first-order chi connectivity index (χ1) is 8.27. The molecule has 0 aromatic heterocycles. The lowest BCUT2D eigenvalue weighted by Crippen LogP contribution is -2.19. The molecule has 0 bridgehead atoms. The monoisotopic (exact) mass is 228 g/mol. The van der Waals surface area contributed by atoms with Crippen molar-refractivity contribution < 1.29 is 9.53 Å². The Labute approximate surface area is 102 Å². The number of carbonyl (C=O) groups is 1. The van der Waals surface area contributed by atoms with Gasteiger partial charge in [0, 0.05) is 0 Å². The molecule has 1 aliphatic carbocycles. The molecule has 1 unspecified atom stereocenters. The van der Waals surface area contributed by atoms with Crippen molar-refractivity contribution in [3.63, 3.8) is 0 Å². The number of esters is 1. The highest BCUT2D eigenvalue weighted by molar-refractivity contribution is 5.76. The highest BCUT2D eigenvalue weighted by atomic mass is 16.5. The molecule has 0 fully saturated rings. The van der Waals surface area contributed by atoms with Gasteiger partial charge in [-0.15, -0.1) is 0 Å². The zero-order chi connectivity index (χ0) is 12.1. The summed E-state index contributed by atoms with van der Waals surface area (Å²) in [5.41, 5.74) is 2.10. The fraction of sp³-hybridized carbons (Fsp3) is 0.267. The van der Waals surface area contributed by atoms with E-state index in [9.17, 15) is 4.79 Å². The first-order valence-electron chi connectivity index (χ1n) is 5.81. The molecule has 2 nitrogen and oxygen atoms in total. The molecule has 0 saturated carbocycles. The average molecular weight is 228 g/mol. The molecule has 0 aliphatic heterocycles. The molecule has 88 valence electrons. The van der Waals surface area contributed by atoms with E-state index in [0.29, 0.717) is 6.61 Å². The van der Waals surface area contributed by atoms with Crippen LogP contribution in [0.15, 0.2) is 54.1 Å². The van der Waals surface area contributed by atoms with E-state index < -0.39 is 0 Å². The van der Waals surface area contributed by atoms with E-state index in [-0.39, 0.29) is 11.9 Å². The van der Waals surface area contributed by atoms with Crippen LogP contribution in [0.2, 0.25) is 0 Å². The van der Waals surface area contributed by atoms with E-state index in [4.69, 9.17) is 4.74 Å². The third-order valence-electron chi connectivity index (χ3n) is 2.93. The van der Waals surface area contributed by atoms with Crippen LogP contribution in [0.4, 0.5) is 0 Å². The number of hydrogen-bond acceptors (Lipinski definition) is 2. The van der Waals surface area contributed by atoms with Gasteiger partial charge in [0.15, 0.2) is 0 Å².